The maximum Gasteiger partial charge on any atom is 0.408 e. The van der Waals surface area contributed by atoms with Crippen LogP contribution in [0.25, 0.3) is 0 Å². The van der Waals surface area contributed by atoms with Crippen LogP contribution in [0.15, 0.2) is 24.3 Å². The van der Waals surface area contributed by atoms with E-state index >= 15 is 0 Å². The molecule has 0 heterocycles. The summed E-state index contributed by atoms with van der Waals surface area (Å²) < 4.78 is 10.2. The summed E-state index contributed by atoms with van der Waals surface area (Å²) in [6.45, 7) is 10.9. The lowest BCUT2D eigenvalue weighted by atomic mass is 9.99. The van der Waals surface area contributed by atoms with E-state index in [1.54, 1.807) is 39.8 Å². The van der Waals surface area contributed by atoms with Crippen molar-refractivity contribution in [3.8, 4) is 0 Å². The fourth-order valence-corrected chi connectivity index (χ4v) is 4.19. The second-order valence-electron chi connectivity index (χ2n) is 10.7. The van der Waals surface area contributed by atoms with E-state index in [1.165, 1.54) is 4.90 Å². The highest BCUT2D eigenvalue weighted by molar-refractivity contribution is 5.95. The number of primary amides is 1. The first-order valence-corrected chi connectivity index (χ1v) is 13.4. The van der Waals surface area contributed by atoms with Crippen LogP contribution in [0.4, 0.5) is 4.79 Å². The third-order valence-electron chi connectivity index (χ3n) is 6.24. The third kappa shape index (κ3) is 9.88. The Hall–Kier alpha value is -3.63. The summed E-state index contributed by atoms with van der Waals surface area (Å²) in [6.07, 6.45) is 0.0512. The van der Waals surface area contributed by atoms with E-state index in [9.17, 15) is 24.0 Å². The molecule has 1 saturated carbocycles. The van der Waals surface area contributed by atoms with Crippen LogP contribution < -0.4 is 16.4 Å². The van der Waals surface area contributed by atoms with Gasteiger partial charge in [0.15, 0.2) is 0 Å². The van der Waals surface area contributed by atoms with Gasteiger partial charge in [-0.2, -0.15) is 0 Å². The number of nitrogens with zero attached hydrogens (tertiary/aromatic N) is 1. The van der Waals surface area contributed by atoms with Gasteiger partial charge in [0.25, 0.3) is 0 Å². The Morgan fingerprint density at radius 2 is 1.72 bits per heavy atom. The molecule has 4 N–H and O–H groups in total. The van der Waals surface area contributed by atoms with Gasteiger partial charge < -0.3 is 30.7 Å². The Kier molecular flexibility index (Phi) is 11.3. The average molecular weight is 547 g/mol. The third-order valence-corrected chi connectivity index (χ3v) is 6.24. The number of nitrogens with two attached hydrogens (primary N) is 1. The van der Waals surface area contributed by atoms with Crippen molar-refractivity contribution in [2.45, 2.75) is 91.0 Å². The first kappa shape index (κ1) is 31.6. The second-order valence-corrected chi connectivity index (χ2v) is 10.7. The number of alkyl carbamates (subject to hydrolysis) is 1. The summed E-state index contributed by atoms with van der Waals surface area (Å²) in [7, 11) is 0. The van der Waals surface area contributed by atoms with E-state index < -0.39 is 53.9 Å². The first-order valence-electron chi connectivity index (χ1n) is 13.4. The molecule has 216 valence electrons. The Bertz CT molecular complexity index is 1040. The number of rotatable bonds is 13. The molecule has 4 amide bonds. The Balaban J connectivity index is 2.44. The fraction of sp³-hybridized carbons (Fsp3) is 0.607. The van der Waals surface area contributed by atoms with Crippen molar-refractivity contribution in [2.24, 2.45) is 11.7 Å². The van der Waals surface area contributed by atoms with Crippen LogP contribution >= 0.6 is 0 Å². The monoisotopic (exact) mass is 546 g/mol. The summed E-state index contributed by atoms with van der Waals surface area (Å²) >= 11 is 0. The number of benzene rings is 1. The molecular weight excluding hydrogens is 504 g/mol. The average Bonchev–Trinajstić information content (AvgIpc) is 3.56. The van der Waals surface area contributed by atoms with Crippen LogP contribution in [0.3, 0.4) is 0 Å². The molecule has 39 heavy (non-hydrogen) atoms. The van der Waals surface area contributed by atoms with Crippen LogP contribution in [0, 0.1) is 5.92 Å². The highest BCUT2D eigenvalue weighted by Crippen LogP contribution is 2.41. The number of carbonyl (C=O) groups is 5. The van der Waals surface area contributed by atoms with E-state index in [2.05, 4.69) is 10.6 Å². The highest BCUT2D eigenvalue weighted by Gasteiger charge is 2.48. The van der Waals surface area contributed by atoms with Gasteiger partial charge in [-0.1, -0.05) is 38.1 Å². The minimum absolute atomic E-state index is 0.0182. The molecular formula is C28H42N4O7. The molecule has 0 spiro atoms. The number of hydrogen-bond donors (Lipinski definition) is 3. The zero-order chi connectivity index (χ0) is 29.3. The van der Waals surface area contributed by atoms with E-state index in [1.807, 2.05) is 26.0 Å². The van der Waals surface area contributed by atoms with Crippen LogP contribution in [-0.4, -0.2) is 65.5 Å². The van der Waals surface area contributed by atoms with Crippen molar-refractivity contribution in [1.82, 2.24) is 15.5 Å². The molecule has 0 radical (unpaired) electrons. The zero-order valence-electron chi connectivity index (χ0n) is 23.7. The van der Waals surface area contributed by atoms with Gasteiger partial charge >= 0.3 is 12.1 Å². The Labute approximate surface area is 230 Å². The van der Waals surface area contributed by atoms with Crippen molar-refractivity contribution >= 4 is 29.8 Å². The fourth-order valence-electron chi connectivity index (χ4n) is 4.19. The van der Waals surface area contributed by atoms with E-state index in [-0.39, 0.29) is 31.5 Å². The molecule has 1 aliphatic carbocycles. The molecule has 1 fully saturated rings. The maximum absolute atomic E-state index is 14.0. The van der Waals surface area contributed by atoms with Crippen molar-refractivity contribution in [3.63, 3.8) is 0 Å². The van der Waals surface area contributed by atoms with Crippen molar-refractivity contribution in [2.75, 3.05) is 13.2 Å². The number of nitrogens with one attached hydrogen (secondary N) is 2. The number of amides is 4. The number of ether oxygens (including phenoxy) is 2. The SMILES string of the molecule is CCOC(=O)CCNC(=O)C(c1ccc(CC)cc1)N(C(=O)C(CC(N)=O)NC(=O)OC(C)(C)C)C1CC1C. The number of carbonyl (C=O) groups excluding carboxylic acids is 5. The molecule has 0 bridgehead atoms. The first-order chi connectivity index (χ1) is 18.3. The molecule has 4 unspecified atom stereocenters. The van der Waals surface area contributed by atoms with Crippen LogP contribution in [0.2, 0.25) is 0 Å². The summed E-state index contributed by atoms with van der Waals surface area (Å²) in [5.74, 6) is -2.27. The topological polar surface area (TPSA) is 157 Å². The zero-order valence-corrected chi connectivity index (χ0v) is 23.7. The van der Waals surface area contributed by atoms with E-state index in [4.69, 9.17) is 15.2 Å². The number of hydrogen-bond acceptors (Lipinski definition) is 7. The van der Waals surface area contributed by atoms with Gasteiger partial charge in [-0.05, 0) is 57.6 Å². The summed E-state index contributed by atoms with van der Waals surface area (Å²) in [5.41, 5.74) is 6.20. The van der Waals surface area contributed by atoms with Gasteiger partial charge in [0.05, 0.1) is 19.4 Å². The van der Waals surface area contributed by atoms with Gasteiger partial charge in [0, 0.05) is 12.6 Å². The molecule has 1 aromatic carbocycles. The lowest BCUT2D eigenvalue weighted by Crippen LogP contribution is -2.55. The van der Waals surface area contributed by atoms with Crippen molar-refractivity contribution < 1.29 is 33.4 Å². The van der Waals surface area contributed by atoms with Crippen molar-refractivity contribution in [3.05, 3.63) is 35.4 Å². The second kappa shape index (κ2) is 14.0. The number of aryl methyl sites for hydroxylation is 1. The van der Waals surface area contributed by atoms with Gasteiger partial charge in [-0.25, -0.2) is 4.79 Å². The minimum Gasteiger partial charge on any atom is -0.466 e. The van der Waals surface area contributed by atoms with Gasteiger partial charge in [-0.3, -0.25) is 19.2 Å². The highest BCUT2D eigenvalue weighted by atomic mass is 16.6. The molecule has 0 saturated heterocycles. The predicted molar refractivity (Wildman–Crippen MR) is 144 cm³/mol. The molecule has 11 heteroatoms. The molecule has 0 aromatic heterocycles. The summed E-state index contributed by atoms with van der Waals surface area (Å²) in [6, 6.07) is 4.62. The van der Waals surface area contributed by atoms with Crippen LogP contribution in [-0.2, 0) is 35.1 Å². The Morgan fingerprint density at radius 1 is 1.10 bits per heavy atom. The minimum atomic E-state index is -1.34. The van der Waals surface area contributed by atoms with Crippen LogP contribution in [0.5, 0.6) is 0 Å². The standard InChI is InChI=1S/C28H42N4O7/c1-7-18-9-11-19(12-10-18)24(25(35)30-14-13-23(34)38-8-2)32(21-15-17(21)3)26(36)20(16-22(29)33)31-27(37)39-28(4,5)6/h9-12,17,20-21,24H,7-8,13-16H2,1-6H3,(H2,29,33)(H,30,35)(H,31,37). The molecule has 1 aliphatic rings. The number of esters is 1. The van der Waals surface area contributed by atoms with Crippen molar-refractivity contribution in [1.29, 1.82) is 0 Å². The molecule has 1 aromatic rings. The predicted octanol–water partition coefficient (Wildman–Crippen LogP) is 2.37. The molecule has 11 nitrogen and oxygen atoms in total. The van der Waals surface area contributed by atoms with Gasteiger partial charge in [-0.15, -0.1) is 0 Å². The normalized spacial score (nSPS) is 17.8. The van der Waals surface area contributed by atoms with Gasteiger partial charge in [0.2, 0.25) is 17.7 Å². The van der Waals surface area contributed by atoms with Crippen LogP contribution in [0.1, 0.15) is 78.0 Å². The summed E-state index contributed by atoms with van der Waals surface area (Å²) in [5, 5.41) is 5.22. The smallest absolute Gasteiger partial charge is 0.408 e. The quantitative estimate of drug-likeness (QED) is 0.321. The largest absolute Gasteiger partial charge is 0.466 e. The molecule has 4 atom stereocenters. The van der Waals surface area contributed by atoms with Gasteiger partial charge in [0.1, 0.15) is 17.7 Å². The lowest BCUT2D eigenvalue weighted by Gasteiger charge is -2.35. The maximum atomic E-state index is 14.0. The summed E-state index contributed by atoms with van der Waals surface area (Å²) in [4.78, 5) is 65.3. The molecule has 0 aliphatic heterocycles. The molecule has 2 rings (SSSR count). The lowest BCUT2D eigenvalue weighted by molar-refractivity contribution is -0.145. The Morgan fingerprint density at radius 3 is 2.21 bits per heavy atom. The van der Waals surface area contributed by atoms with E-state index in [0.29, 0.717) is 12.0 Å². The van der Waals surface area contributed by atoms with E-state index in [0.717, 1.165) is 12.0 Å².